The zero-order valence-corrected chi connectivity index (χ0v) is 14.1. The Bertz CT molecular complexity index is 799. The van der Waals surface area contributed by atoms with Crippen molar-refractivity contribution in [3.05, 3.63) is 23.8 Å². The minimum absolute atomic E-state index is 0.242. The maximum absolute atomic E-state index is 12.5. The van der Waals surface area contributed by atoms with Crippen LogP contribution in [0, 0.1) is 0 Å². The van der Waals surface area contributed by atoms with Crippen LogP contribution in [0.15, 0.2) is 18.2 Å². The van der Waals surface area contributed by atoms with E-state index in [1.165, 1.54) is 6.07 Å². The van der Waals surface area contributed by atoms with Crippen LogP contribution in [0.25, 0.3) is 0 Å². The van der Waals surface area contributed by atoms with Gasteiger partial charge in [0.15, 0.2) is 17.3 Å². The number of amides is 4. The van der Waals surface area contributed by atoms with Crippen molar-refractivity contribution >= 4 is 23.6 Å². The van der Waals surface area contributed by atoms with E-state index in [-0.39, 0.29) is 6.04 Å². The molecule has 0 bridgehead atoms. The van der Waals surface area contributed by atoms with Gasteiger partial charge in [-0.15, -0.1) is 0 Å². The van der Waals surface area contributed by atoms with Gasteiger partial charge in [0, 0.05) is 11.6 Å². The molecule has 2 fully saturated rings. The Morgan fingerprint density at radius 1 is 1.00 bits per heavy atom. The predicted molar refractivity (Wildman–Crippen MR) is 88.0 cm³/mol. The zero-order valence-electron chi connectivity index (χ0n) is 14.1. The lowest BCUT2D eigenvalue weighted by atomic mass is 10.1. The van der Waals surface area contributed by atoms with E-state index in [1.807, 2.05) is 0 Å². The number of fused-ring (bicyclic) bond motifs is 1. The number of rotatable bonds is 4. The summed E-state index contributed by atoms with van der Waals surface area (Å²) in [6.07, 6.45) is 3.25. The van der Waals surface area contributed by atoms with Gasteiger partial charge in [-0.2, -0.15) is 0 Å². The Morgan fingerprint density at radius 3 is 2.42 bits per heavy atom. The van der Waals surface area contributed by atoms with Crippen LogP contribution in [0.4, 0.5) is 4.79 Å². The lowest BCUT2D eigenvalue weighted by Gasteiger charge is -2.21. The molecule has 3 aliphatic rings. The van der Waals surface area contributed by atoms with Gasteiger partial charge >= 0.3 is 17.8 Å². The molecule has 0 radical (unpaired) electrons. The normalized spacial score (nSPS) is 20.2. The van der Waals surface area contributed by atoms with E-state index in [2.05, 4.69) is 0 Å². The Labute approximate surface area is 149 Å². The number of ether oxygens (including phenoxy) is 2. The molecule has 0 aromatic heterocycles. The number of imide groups is 2. The first-order valence-corrected chi connectivity index (χ1v) is 8.68. The predicted octanol–water partition coefficient (Wildman–Crippen LogP) is 1.37. The minimum atomic E-state index is -0.937. The molecule has 1 aromatic rings. The van der Waals surface area contributed by atoms with Gasteiger partial charge in [0.25, 0.3) is 0 Å². The molecule has 8 heteroatoms. The fraction of sp³-hybridized carbons (Fsp3) is 0.444. The van der Waals surface area contributed by atoms with Crippen molar-refractivity contribution in [1.82, 2.24) is 9.80 Å². The van der Waals surface area contributed by atoms with Crippen LogP contribution in [0.5, 0.6) is 11.5 Å². The maximum Gasteiger partial charge on any atom is 0.334 e. The second-order valence-electron chi connectivity index (χ2n) is 6.57. The zero-order chi connectivity index (χ0) is 18.3. The molecule has 1 saturated carbocycles. The third kappa shape index (κ3) is 2.71. The van der Waals surface area contributed by atoms with Gasteiger partial charge in [0.1, 0.15) is 13.2 Å². The van der Waals surface area contributed by atoms with Crippen molar-refractivity contribution in [2.75, 3.05) is 19.8 Å². The van der Waals surface area contributed by atoms with Gasteiger partial charge in [-0.05, 0) is 31.0 Å². The monoisotopic (exact) mass is 358 g/mol. The summed E-state index contributed by atoms with van der Waals surface area (Å²) >= 11 is 0. The molecule has 8 nitrogen and oxygen atoms in total. The van der Waals surface area contributed by atoms with E-state index in [0.717, 1.165) is 22.6 Å². The number of hydrogen-bond acceptors (Lipinski definition) is 6. The van der Waals surface area contributed by atoms with Crippen LogP contribution in [0.1, 0.15) is 36.0 Å². The molecular weight excluding hydrogens is 340 g/mol. The van der Waals surface area contributed by atoms with Crippen molar-refractivity contribution in [3.8, 4) is 11.5 Å². The number of hydrogen-bond donors (Lipinski definition) is 0. The molecule has 136 valence electrons. The van der Waals surface area contributed by atoms with E-state index in [0.29, 0.717) is 43.1 Å². The van der Waals surface area contributed by atoms with Crippen LogP contribution >= 0.6 is 0 Å². The highest BCUT2D eigenvalue weighted by molar-refractivity contribution is 6.45. The third-order valence-electron chi connectivity index (χ3n) is 4.94. The Kier molecular flexibility index (Phi) is 4.10. The van der Waals surface area contributed by atoms with E-state index in [1.54, 1.807) is 12.1 Å². The minimum Gasteiger partial charge on any atom is -0.486 e. The number of ketones is 1. The first kappa shape index (κ1) is 16.6. The number of carbonyl (C=O) groups is 4. The number of nitrogens with zero attached hydrogens (tertiary/aromatic N) is 2. The van der Waals surface area contributed by atoms with Crippen molar-refractivity contribution in [2.45, 2.75) is 31.7 Å². The first-order valence-electron chi connectivity index (χ1n) is 8.68. The second kappa shape index (κ2) is 6.44. The summed E-state index contributed by atoms with van der Waals surface area (Å²) in [5.41, 5.74) is 0.293. The SMILES string of the molecule is O=C(CN1C(=O)C(=O)N(C2CCCC2)C1=O)c1ccc2c(c1)OCCO2. The summed E-state index contributed by atoms with van der Waals surface area (Å²) in [7, 11) is 0. The number of urea groups is 1. The topological polar surface area (TPSA) is 93.2 Å². The smallest absolute Gasteiger partial charge is 0.334 e. The first-order chi connectivity index (χ1) is 12.6. The van der Waals surface area contributed by atoms with Gasteiger partial charge in [-0.1, -0.05) is 12.8 Å². The highest BCUT2D eigenvalue weighted by Gasteiger charge is 2.48. The Morgan fingerprint density at radius 2 is 1.69 bits per heavy atom. The summed E-state index contributed by atoms with van der Waals surface area (Å²) < 4.78 is 10.8. The van der Waals surface area contributed by atoms with Crippen molar-refractivity contribution < 1.29 is 28.7 Å². The molecule has 2 aliphatic heterocycles. The summed E-state index contributed by atoms with van der Waals surface area (Å²) in [6.45, 7) is 0.362. The van der Waals surface area contributed by atoms with Crippen molar-refractivity contribution in [3.63, 3.8) is 0 Å². The standard InChI is InChI=1S/C18H18N2O6/c21-13(11-5-6-14-15(9-11)26-8-7-25-14)10-19-16(22)17(23)20(18(19)24)12-3-1-2-4-12/h5-6,9,12H,1-4,7-8,10H2. The van der Waals surface area contributed by atoms with Gasteiger partial charge in [0.05, 0.1) is 6.54 Å². The van der Waals surface area contributed by atoms with Crippen molar-refractivity contribution in [1.29, 1.82) is 0 Å². The number of carbonyl (C=O) groups excluding carboxylic acids is 4. The summed E-state index contributed by atoms with van der Waals surface area (Å²) in [4.78, 5) is 51.2. The lowest BCUT2D eigenvalue weighted by Crippen LogP contribution is -2.41. The van der Waals surface area contributed by atoms with E-state index >= 15 is 0 Å². The summed E-state index contributed by atoms with van der Waals surface area (Å²) in [5.74, 6) is -1.22. The molecule has 1 aliphatic carbocycles. The largest absolute Gasteiger partial charge is 0.486 e. The number of benzene rings is 1. The second-order valence-corrected chi connectivity index (χ2v) is 6.57. The Hall–Kier alpha value is -2.90. The quantitative estimate of drug-likeness (QED) is 0.458. The highest BCUT2D eigenvalue weighted by atomic mass is 16.6. The lowest BCUT2D eigenvalue weighted by molar-refractivity contribution is -0.143. The van der Waals surface area contributed by atoms with E-state index in [9.17, 15) is 19.2 Å². The van der Waals surface area contributed by atoms with Gasteiger partial charge in [0.2, 0.25) is 0 Å². The molecule has 26 heavy (non-hydrogen) atoms. The summed E-state index contributed by atoms with van der Waals surface area (Å²) in [6, 6.07) is 3.76. The molecule has 4 rings (SSSR count). The van der Waals surface area contributed by atoms with Crippen LogP contribution < -0.4 is 9.47 Å². The van der Waals surface area contributed by atoms with Crippen molar-refractivity contribution in [2.24, 2.45) is 0 Å². The molecule has 1 aromatic carbocycles. The molecule has 0 unspecified atom stereocenters. The van der Waals surface area contributed by atoms with Crippen LogP contribution in [-0.2, 0) is 9.59 Å². The van der Waals surface area contributed by atoms with Gasteiger partial charge < -0.3 is 9.47 Å². The molecule has 2 heterocycles. The molecule has 0 atom stereocenters. The average molecular weight is 358 g/mol. The van der Waals surface area contributed by atoms with Gasteiger partial charge in [-0.3, -0.25) is 19.3 Å². The highest BCUT2D eigenvalue weighted by Crippen LogP contribution is 2.31. The van der Waals surface area contributed by atoms with Crippen LogP contribution in [0.3, 0.4) is 0 Å². The molecule has 0 N–H and O–H groups in total. The average Bonchev–Trinajstić information content (AvgIpc) is 3.24. The molecule has 0 spiro atoms. The molecule has 4 amide bonds. The van der Waals surface area contributed by atoms with Gasteiger partial charge in [-0.25, -0.2) is 9.69 Å². The van der Waals surface area contributed by atoms with Crippen LogP contribution in [-0.4, -0.2) is 59.2 Å². The molecular formula is C18H18N2O6. The summed E-state index contributed by atoms with van der Waals surface area (Å²) in [5, 5.41) is 0. The van der Waals surface area contributed by atoms with E-state index in [4.69, 9.17) is 9.47 Å². The third-order valence-corrected chi connectivity index (χ3v) is 4.94. The van der Waals surface area contributed by atoms with Crippen LogP contribution in [0.2, 0.25) is 0 Å². The number of Topliss-reactive ketones (excluding diaryl/α,β-unsaturated/α-hetero) is 1. The maximum atomic E-state index is 12.5. The van der Waals surface area contributed by atoms with E-state index < -0.39 is 30.2 Å². The molecule has 1 saturated heterocycles. The fourth-order valence-electron chi connectivity index (χ4n) is 3.60. The fourth-order valence-corrected chi connectivity index (χ4v) is 3.60. The Balaban J connectivity index is 1.51.